The molecule has 0 bridgehead atoms. The third-order valence-corrected chi connectivity index (χ3v) is 18.6. The molecule has 3 N–H and O–H groups in total. The van der Waals surface area contributed by atoms with E-state index in [9.17, 15) is 43.2 Å². The Morgan fingerprint density at radius 1 is 0.322 bits per heavy atom. The Morgan fingerprint density at radius 3 is 0.816 bits per heavy atom. The van der Waals surface area contributed by atoms with E-state index in [2.05, 4.69) is 55.4 Å². The molecule has 0 rings (SSSR count). The molecule has 0 fully saturated rings. The Bertz CT molecular complexity index is 1740. The van der Waals surface area contributed by atoms with Crippen molar-refractivity contribution in [2.45, 2.75) is 350 Å². The Hall–Kier alpha value is -1.94. The van der Waals surface area contributed by atoms with Gasteiger partial charge in [-0.25, -0.2) is 9.13 Å². The Balaban J connectivity index is 5.23. The highest BCUT2D eigenvalue weighted by Gasteiger charge is 2.30. The highest BCUT2D eigenvalue weighted by atomic mass is 31.2. The Morgan fingerprint density at radius 2 is 0.552 bits per heavy atom. The van der Waals surface area contributed by atoms with E-state index in [0.717, 1.165) is 126 Å². The molecule has 0 spiro atoms. The number of rotatable bonds is 65. The van der Waals surface area contributed by atoms with Crippen molar-refractivity contribution in [1.82, 2.24) is 0 Å². The largest absolute Gasteiger partial charge is 0.472 e. The topological polar surface area (TPSA) is 237 Å². The summed E-state index contributed by atoms with van der Waals surface area (Å²) in [4.78, 5) is 72.4. The average Bonchev–Trinajstić information content (AvgIpc) is 3.52. The number of esters is 4. The lowest BCUT2D eigenvalue weighted by Crippen LogP contribution is -2.30. The van der Waals surface area contributed by atoms with Crippen LogP contribution in [0.2, 0.25) is 0 Å². The number of carbonyl (C=O) groups is 4. The van der Waals surface area contributed by atoms with Gasteiger partial charge in [-0.05, 0) is 49.4 Å². The first-order valence-corrected chi connectivity index (χ1v) is 38.3. The average molecular weight is 1280 g/mol. The fraction of sp³-hybridized carbons (Fsp3) is 0.941. The van der Waals surface area contributed by atoms with Crippen molar-refractivity contribution in [3.05, 3.63) is 0 Å². The van der Waals surface area contributed by atoms with Crippen molar-refractivity contribution < 1.29 is 80.2 Å². The minimum Gasteiger partial charge on any atom is -0.462 e. The van der Waals surface area contributed by atoms with Gasteiger partial charge >= 0.3 is 39.5 Å². The van der Waals surface area contributed by atoms with Crippen molar-refractivity contribution in [1.29, 1.82) is 0 Å². The van der Waals surface area contributed by atoms with Gasteiger partial charge in [-0.1, -0.05) is 280 Å². The molecule has 516 valence electrons. The quantitative estimate of drug-likeness (QED) is 0.0222. The number of aliphatic hydroxyl groups excluding tert-OH is 1. The third-order valence-electron chi connectivity index (χ3n) is 16.7. The van der Waals surface area contributed by atoms with E-state index in [1.807, 2.05) is 0 Å². The van der Waals surface area contributed by atoms with Gasteiger partial charge in [0, 0.05) is 25.7 Å². The minimum absolute atomic E-state index is 0.101. The molecule has 17 nitrogen and oxygen atoms in total. The molecule has 0 aliphatic carbocycles. The van der Waals surface area contributed by atoms with Crippen LogP contribution in [-0.4, -0.2) is 96.7 Å². The number of hydrogen-bond donors (Lipinski definition) is 3. The molecule has 0 aliphatic heterocycles. The number of hydrogen-bond acceptors (Lipinski definition) is 15. The first-order valence-electron chi connectivity index (χ1n) is 35.3. The molecule has 0 aliphatic rings. The highest BCUT2D eigenvalue weighted by Crippen LogP contribution is 2.45. The summed E-state index contributed by atoms with van der Waals surface area (Å²) < 4.78 is 68.1. The van der Waals surface area contributed by atoms with E-state index in [1.54, 1.807) is 0 Å². The fourth-order valence-electron chi connectivity index (χ4n) is 10.0. The van der Waals surface area contributed by atoms with Gasteiger partial charge in [0.15, 0.2) is 12.2 Å². The molecule has 0 saturated carbocycles. The maximum absolute atomic E-state index is 13.0. The van der Waals surface area contributed by atoms with E-state index < -0.39 is 97.5 Å². The van der Waals surface area contributed by atoms with Crippen molar-refractivity contribution in [2.75, 3.05) is 39.6 Å². The van der Waals surface area contributed by atoms with Gasteiger partial charge < -0.3 is 33.8 Å². The molecule has 0 aromatic carbocycles. The third kappa shape index (κ3) is 58.9. The van der Waals surface area contributed by atoms with Crippen LogP contribution in [0.15, 0.2) is 0 Å². The minimum atomic E-state index is -4.95. The second kappa shape index (κ2) is 57.9. The predicted molar refractivity (Wildman–Crippen MR) is 349 cm³/mol. The summed E-state index contributed by atoms with van der Waals surface area (Å²) in [6.07, 6.45) is 39.1. The number of phosphoric acid groups is 2. The molecule has 0 aromatic rings. The molecule has 0 aromatic heterocycles. The van der Waals surface area contributed by atoms with Crippen LogP contribution in [0.5, 0.6) is 0 Å². The van der Waals surface area contributed by atoms with E-state index >= 15 is 0 Å². The van der Waals surface area contributed by atoms with E-state index in [0.29, 0.717) is 25.7 Å². The molecule has 8 atom stereocenters. The molecule has 0 radical (unpaired) electrons. The van der Waals surface area contributed by atoms with Crippen LogP contribution in [0, 0.1) is 23.7 Å². The maximum Gasteiger partial charge on any atom is 0.472 e. The Labute approximate surface area is 530 Å². The summed E-state index contributed by atoms with van der Waals surface area (Å²) >= 11 is 0. The van der Waals surface area contributed by atoms with Gasteiger partial charge in [0.2, 0.25) is 0 Å². The van der Waals surface area contributed by atoms with E-state index in [4.69, 9.17) is 37.0 Å². The summed E-state index contributed by atoms with van der Waals surface area (Å²) in [5, 5.41) is 10.6. The lowest BCUT2D eigenvalue weighted by molar-refractivity contribution is -0.161. The summed E-state index contributed by atoms with van der Waals surface area (Å²) in [6.45, 7) is 14.0. The zero-order valence-electron chi connectivity index (χ0n) is 56.6. The number of ether oxygens (including phenoxy) is 4. The zero-order chi connectivity index (χ0) is 64.7. The number of phosphoric ester groups is 2. The molecule has 0 heterocycles. The van der Waals surface area contributed by atoms with Crippen LogP contribution < -0.4 is 0 Å². The summed E-state index contributed by atoms with van der Waals surface area (Å²) in [5.74, 6) is 0.840. The monoisotopic (exact) mass is 1280 g/mol. The zero-order valence-corrected chi connectivity index (χ0v) is 58.4. The molecule has 0 amide bonds. The summed E-state index contributed by atoms with van der Waals surface area (Å²) in [7, 11) is -9.90. The predicted octanol–water partition coefficient (Wildman–Crippen LogP) is 18.9. The molecule has 0 saturated heterocycles. The normalized spacial score (nSPS) is 15.3. The lowest BCUT2D eigenvalue weighted by atomic mass is 10.00. The van der Waals surface area contributed by atoms with Gasteiger partial charge in [0.25, 0.3) is 0 Å². The second-order valence-corrected chi connectivity index (χ2v) is 28.7. The molecule has 87 heavy (non-hydrogen) atoms. The van der Waals surface area contributed by atoms with E-state index in [1.165, 1.54) is 122 Å². The van der Waals surface area contributed by atoms with Crippen molar-refractivity contribution in [3.63, 3.8) is 0 Å². The van der Waals surface area contributed by atoms with Gasteiger partial charge in [-0.15, -0.1) is 0 Å². The van der Waals surface area contributed by atoms with Crippen molar-refractivity contribution in [3.8, 4) is 0 Å². The van der Waals surface area contributed by atoms with Crippen LogP contribution in [0.1, 0.15) is 331 Å². The van der Waals surface area contributed by atoms with Crippen LogP contribution >= 0.6 is 15.6 Å². The first-order chi connectivity index (χ1) is 41.7. The highest BCUT2D eigenvalue weighted by molar-refractivity contribution is 7.47. The van der Waals surface area contributed by atoms with Crippen molar-refractivity contribution in [2.24, 2.45) is 23.7 Å². The van der Waals surface area contributed by atoms with Crippen LogP contribution in [0.3, 0.4) is 0 Å². The summed E-state index contributed by atoms with van der Waals surface area (Å²) in [6, 6.07) is 0. The van der Waals surface area contributed by atoms with Gasteiger partial charge in [0.1, 0.15) is 19.3 Å². The van der Waals surface area contributed by atoms with E-state index in [-0.39, 0.29) is 25.7 Å². The van der Waals surface area contributed by atoms with Crippen LogP contribution in [0.4, 0.5) is 0 Å². The van der Waals surface area contributed by atoms with Gasteiger partial charge in [0.05, 0.1) is 26.4 Å². The number of aliphatic hydroxyl groups is 1. The standard InChI is InChI=1S/C68H132O17P2/c1-9-59(6)45-37-29-22-25-32-40-48-65(70)78-54-63(84-67(72)50-42-34-21-19-17-15-13-12-14-16-18-20-28-36-44-58(4)5)56-82-86(74,75)80-52-62(69)53-81-87(76,77)83-57-64(85-68(73)51-43-35-27-24-31-39-47-61(8)11-3)55-79-66(71)49-41-33-26-23-30-38-46-60(7)10-2/h58-64,69H,9-57H2,1-8H3,(H,74,75)(H,76,77)/t59?,60?,61?,62-,63-,64-/m1/s1. The molecular formula is C68H132O17P2. The molecular weight excluding hydrogens is 1150 g/mol. The lowest BCUT2D eigenvalue weighted by Gasteiger charge is -2.21. The van der Waals surface area contributed by atoms with Gasteiger partial charge in [-0.2, -0.15) is 0 Å². The first kappa shape index (κ1) is 85.1. The number of unbranched alkanes of at least 4 members (excludes halogenated alkanes) is 28. The SMILES string of the molecule is CCC(C)CCCCCCCCC(=O)OC[C@H](COP(=O)(O)OC[C@@H](O)COP(=O)(O)OC[C@@H](COC(=O)CCCCCCCCC(C)CC)OC(=O)CCCCCCCCC(C)CC)OC(=O)CCCCCCCCCCCCCCCCC(C)C. The van der Waals surface area contributed by atoms with Crippen LogP contribution in [-0.2, 0) is 65.4 Å². The van der Waals surface area contributed by atoms with Gasteiger partial charge in [-0.3, -0.25) is 37.3 Å². The molecule has 19 heteroatoms. The molecule has 5 unspecified atom stereocenters. The maximum atomic E-state index is 13.0. The Kier molecular flexibility index (Phi) is 56.6. The van der Waals surface area contributed by atoms with Crippen molar-refractivity contribution >= 4 is 39.5 Å². The fourth-order valence-corrected chi connectivity index (χ4v) is 11.6. The number of carbonyl (C=O) groups excluding carboxylic acids is 4. The summed E-state index contributed by atoms with van der Waals surface area (Å²) in [5.41, 5.74) is 0. The second-order valence-electron chi connectivity index (χ2n) is 25.8. The van der Waals surface area contributed by atoms with Crippen LogP contribution in [0.25, 0.3) is 0 Å². The smallest absolute Gasteiger partial charge is 0.462 e.